The number of benzene rings is 6. The highest BCUT2D eigenvalue weighted by Gasteiger charge is 2.13. The first-order valence-corrected chi connectivity index (χ1v) is 13.0. The summed E-state index contributed by atoms with van der Waals surface area (Å²) in [5.41, 5.74) is 5.91. The molecule has 170 valence electrons. The molecular formula is C34H23NS. The molecule has 0 saturated heterocycles. The van der Waals surface area contributed by atoms with Crippen LogP contribution in [-0.2, 0) is 0 Å². The minimum atomic E-state index is 1.14. The second-order valence-electron chi connectivity index (χ2n) is 9.03. The Morgan fingerprint density at radius 3 is 1.75 bits per heavy atom. The van der Waals surface area contributed by atoms with Gasteiger partial charge in [-0.25, -0.2) is 0 Å². The molecule has 0 spiro atoms. The van der Waals surface area contributed by atoms with E-state index in [4.69, 9.17) is 0 Å². The summed E-state index contributed by atoms with van der Waals surface area (Å²) < 4.78 is 2.71. The first-order valence-electron chi connectivity index (χ1n) is 12.2. The molecule has 2 heteroatoms. The molecule has 0 N–H and O–H groups in total. The number of fused-ring (bicyclic) bond motifs is 5. The van der Waals surface area contributed by atoms with Crippen LogP contribution in [0.4, 0.5) is 17.1 Å². The molecule has 1 nitrogen and oxygen atoms in total. The van der Waals surface area contributed by atoms with Crippen molar-refractivity contribution in [2.75, 3.05) is 4.90 Å². The number of para-hydroxylation sites is 2. The Labute approximate surface area is 214 Å². The van der Waals surface area contributed by atoms with Crippen molar-refractivity contribution in [1.82, 2.24) is 0 Å². The lowest BCUT2D eigenvalue weighted by Gasteiger charge is -2.25. The molecule has 0 saturated carbocycles. The van der Waals surface area contributed by atoms with Crippen LogP contribution in [0, 0.1) is 0 Å². The van der Waals surface area contributed by atoms with Crippen molar-refractivity contribution in [2.45, 2.75) is 0 Å². The number of nitrogens with zero attached hydrogens (tertiary/aromatic N) is 1. The summed E-state index contributed by atoms with van der Waals surface area (Å²) in [6.45, 7) is 0. The average Bonchev–Trinajstić information content (AvgIpc) is 3.33. The Kier molecular flexibility index (Phi) is 5.04. The van der Waals surface area contributed by atoms with Gasteiger partial charge in [-0.3, -0.25) is 0 Å². The third-order valence-corrected chi connectivity index (χ3v) is 8.07. The minimum Gasteiger partial charge on any atom is -0.311 e. The van der Waals surface area contributed by atoms with Gasteiger partial charge in [0.25, 0.3) is 0 Å². The van der Waals surface area contributed by atoms with Crippen molar-refractivity contribution in [2.24, 2.45) is 0 Å². The molecule has 6 aromatic carbocycles. The van der Waals surface area contributed by atoms with Gasteiger partial charge in [-0.15, -0.1) is 11.3 Å². The van der Waals surface area contributed by atoms with Gasteiger partial charge < -0.3 is 4.90 Å². The number of rotatable bonds is 4. The van der Waals surface area contributed by atoms with Gasteiger partial charge in [0.05, 0.1) is 0 Å². The van der Waals surface area contributed by atoms with Gasteiger partial charge in [-0.2, -0.15) is 0 Å². The van der Waals surface area contributed by atoms with Crippen LogP contribution in [0.2, 0.25) is 0 Å². The number of hydrogen-bond acceptors (Lipinski definition) is 2. The van der Waals surface area contributed by atoms with E-state index in [1.807, 2.05) is 11.3 Å². The molecule has 0 aliphatic heterocycles. The van der Waals surface area contributed by atoms with E-state index in [0.29, 0.717) is 0 Å². The molecule has 0 aliphatic rings. The normalized spacial score (nSPS) is 11.3. The molecular weight excluding hydrogens is 454 g/mol. The summed E-state index contributed by atoms with van der Waals surface area (Å²) >= 11 is 1.89. The molecule has 7 aromatic rings. The van der Waals surface area contributed by atoms with Crippen LogP contribution in [-0.4, -0.2) is 0 Å². The topological polar surface area (TPSA) is 3.24 Å². The summed E-state index contributed by atoms with van der Waals surface area (Å²) in [4.78, 5) is 2.30. The van der Waals surface area contributed by atoms with Crippen LogP contribution < -0.4 is 4.90 Å². The Morgan fingerprint density at radius 1 is 0.417 bits per heavy atom. The maximum absolute atomic E-state index is 2.35. The van der Waals surface area contributed by atoms with Gasteiger partial charge in [0, 0.05) is 37.2 Å². The van der Waals surface area contributed by atoms with Crippen molar-refractivity contribution in [1.29, 1.82) is 0 Å². The van der Waals surface area contributed by atoms with Gasteiger partial charge in [0.15, 0.2) is 0 Å². The molecule has 0 bridgehead atoms. The Hall–Kier alpha value is -4.40. The third kappa shape index (κ3) is 3.55. The Balaban J connectivity index is 1.31. The van der Waals surface area contributed by atoms with E-state index in [9.17, 15) is 0 Å². The van der Waals surface area contributed by atoms with Crippen molar-refractivity contribution < 1.29 is 0 Å². The summed E-state index contributed by atoms with van der Waals surface area (Å²) in [5, 5.41) is 5.31. The first kappa shape index (κ1) is 20.9. The van der Waals surface area contributed by atoms with E-state index < -0.39 is 0 Å². The second kappa shape index (κ2) is 8.67. The fourth-order valence-electron chi connectivity index (χ4n) is 5.09. The van der Waals surface area contributed by atoms with Crippen molar-refractivity contribution >= 4 is 59.3 Å². The van der Waals surface area contributed by atoms with E-state index in [0.717, 1.165) is 17.1 Å². The van der Waals surface area contributed by atoms with Gasteiger partial charge in [-0.05, 0) is 70.4 Å². The SMILES string of the molecule is c1ccc(N(c2ccccc2)c2ccc(-c3ccc4sc5c6ccccc6ccc5c4c3)cc2)cc1. The summed E-state index contributed by atoms with van der Waals surface area (Å²) in [6, 6.07) is 50.1. The number of thiophene rings is 1. The van der Waals surface area contributed by atoms with Gasteiger partial charge in [0.1, 0.15) is 0 Å². The average molecular weight is 478 g/mol. The molecule has 0 atom stereocenters. The lowest BCUT2D eigenvalue weighted by Crippen LogP contribution is -2.09. The van der Waals surface area contributed by atoms with Gasteiger partial charge >= 0.3 is 0 Å². The van der Waals surface area contributed by atoms with Crippen LogP contribution in [0.15, 0.2) is 140 Å². The largest absolute Gasteiger partial charge is 0.311 e. The molecule has 1 heterocycles. The smallest absolute Gasteiger partial charge is 0.0462 e. The van der Waals surface area contributed by atoms with E-state index in [1.165, 1.54) is 42.1 Å². The van der Waals surface area contributed by atoms with Gasteiger partial charge in [-0.1, -0.05) is 91.0 Å². The maximum Gasteiger partial charge on any atom is 0.0462 e. The van der Waals surface area contributed by atoms with Crippen LogP contribution >= 0.6 is 11.3 Å². The number of anilines is 3. The monoisotopic (exact) mass is 477 g/mol. The van der Waals surface area contributed by atoms with E-state index in [2.05, 4.69) is 144 Å². The van der Waals surface area contributed by atoms with Crippen LogP contribution in [0.3, 0.4) is 0 Å². The lowest BCUT2D eigenvalue weighted by atomic mass is 10.0. The Bertz CT molecular complexity index is 1780. The first-order chi connectivity index (χ1) is 17.8. The highest BCUT2D eigenvalue weighted by Crippen LogP contribution is 2.40. The van der Waals surface area contributed by atoms with Crippen molar-refractivity contribution in [3.05, 3.63) is 140 Å². The summed E-state index contributed by atoms with van der Waals surface area (Å²) in [5.74, 6) is 0. The molecule has 1 aromatic heterocycles. The molecule has 0 aliphatic carbocycles. The minimum absolute atomic E-state index is 1.14. The third-order valence-electron chi connectivity index (χ3n) is 6.85. The lowest BCUT2D eigenvalue weighted by molar-refractivity contribution is 1.28. The van der Waals surface area contributed by atoms with Crippen LogP contribution in [0.1, 0.15) is 0 Å². The quantitative estimate of drug-likeness (QED) is 0.244. The molecule has 0 unspecified atom stereocenters. The van der Waals surface area contributed by atoms with Crippen molar-refractivity contribution in [3.63, 3.8) is 0 Å². The fraction of sp³-hybridized carbons (Fsp3) is 0. The number of hydrogen-bond donors (Lipinski definition) is 0. The van der Waals surface area contributed by atoms with E-state index in [1.54, 1.807) is 0 Å². The zero-order valence-electron chi connectivity index (χ0n) is 19.6. The Morgan fingerprint density at radius 2 is 1.03 bits per heavy atom. The zero-order chi connectivity index (χ0) is 23.9. The standard InChI is InChI=1S/C34H23NS/c1-3-10-27(11-4-1)35(28-12-5-2-6-13-28)29-19-15-24(16-20-29)26-18-22-33-32(23-26)31-21-17-25-9-7-8-14-30(25)34(31)36-33/h1-23H. The molecule has 36 heavy (non-hydrogen) atoms. The van der Waals surface area contributed by atoms with Crippen LogP contribution in [0.25, 0.3) is 42.1 Å². The highest BCUT2D eigenvalue weighted by atomic mass is 32.1. The van der Waals surface area contributed by atoms with Crippen molar-refractivity contribution in [3.8, 4) is 11.1 Å². The highest BCUT2D eigenvalue weighted by molar-refractivity contribution is 7.26. The van der Waals surface area contributed by atoms with Gasteiger partial charge in [0.2, 0.25) is 0 Å². The molecule has 0 fully saturated rings. The molecule has 0 radical (unpaired) electrons. The maximum atomic E-state index is 2.35. The van der Waals surface area contributed by atoms with E-state index >= 15 is 0 Å². The summed E-state index contributed by atoms with van der Waals surface area (Å²) in [6.07, 6.45) is 0. The predicted molar refractivity (Wildman–Crippen MR) is 157 cm³/mol. The van der Waals surface area contributed by atoms with Crippen LogP contribution in [0.5, 0.6) is 0 Å². The van der Waals surface area contributed by atoms with E-state index in [-0.39, 0.29) is 0 Å². The predicted octanol–water partition coefficient (Wildman–Crippen LogP) is 10.3. The summed E-state index contributed by atoms with van der Waals surface area (Å²) in [7, 11) is 0. The molecule has 0 amide bonds. The second-order valence-corrected chi connectivity index (χ2v) is 10.1. The fourth-order valence-corrected chi connectivity index (χ4v) is 6.31. The molecule has 7 rings (SSSR count). The zero-order valence-corrected chi connectivity index (χ0v) is 20.5.